The van der Waals surface area contributed by atoms with Crippen molar-refractivity contribution < 1.29 is 23.9 Å². The molecule has 0 atom stereocenters. The van der Waals surface area contributed by atoms with Gasteiger partial charge in [0.1, 0.15) is 18.4 Å². The van der Waals surface area contributed by atoms with E-state index in [-0.39, 0.29) is 18.1 Å². The van der Waals surface area contributed by atoms with Crippen molar-refractivity contribution in [2.24, 2.45) is 0 Å². The molecule has 2 fully saturated rings. The summed E-state index contributed by atoms with van der Waals surface area (Å²) >= 11 is 0.791. The molecule has 2 aliphatic heterocycles. The summed E-state index contributed by atoms with van der Waals surface area (Å²) in [7, 11) is 0. The largest absolute Gasteiger partial charge is 0.479 e. The molecule has 0 aromatic heterocycles. The van der Waals surface area contributed by atoms with Crippen LogP contribution in [-0.4, -0.2) is 61.4 Å². The van der Waals surface area contributed by atoms with E-state index in [1.165, 1.54) is 0 Å². The van der Waals surface area contributed by atoms with Crippen LogP contribution >= 0.6 is 11.8 Å². The molecule has 2 heterocycles. The van der Waals surface area contributed by atoms with Gasteiger partial charge in [-0.15, -0.1) is 0 Å². The predicted octanol–water partition coefficient (Wildman–Crippen LogP) is 3.10. The molecule has 2 saturated heterocycles. The number of imide groups is 1. The van der Waals surface area contributed by atoms with Crippen LogP contribution in [0.1, 0.15) is 5.56 Å². The Labute approximate surface area is 200 Å². The first-order valence-corrected chi connectivity index (χ1v) is 11.4. The van der Waals surface area contributed by atoms with Crippen LogP contribution in [0.25, 0.3) is 6.08 Å². The Morgan fingerprint density at radius 3 is 2.62 bits per heavy atom. The van der Waals surface area contributed by atoms with Crippen LogP contribution in [0.15, 0.2) is 53.4 Å². The van der Waals surface area contributed by atoms with E-state index < -0.39 is 17.1 Å². The third-order valence-electron chi connectivity index (χ3n) is 5.19. The topological polar surface area (TPSA) is 112 Å². The maximum Gasteiger partial charge on any atom is 0.294 e. The highest BCUT2D eigenvalue weighted by Crippen LogP contribution is 2.33. The van der Waals surface area contributed by atoms with Crippen molar-refractivity contribution in [3.05, 3.63) is 59.0 Å². The molecule has 0 spiro atoms. The maximum absolute atomic E-state index is 12.8. The zero-order valence-corrected chi connectivity index (χ0v) is 19.0. The molecule has 0 bridgehead atoms. The Balaban J connectivity index is 1.40. The van der Waals surface area contributed by atoms with Gasteiger partial charge >= 0.3 is 0 Å². The number of nitriles is 1. The molecular weight excluding hydrogens is 456 g/mol. The number of anilines is 2. The monoisotopic (exact) mass is 478 g/mol. The fourth-order valence-electron chi connectivity index (χ4n) is 3.56. The minimum atomic E-state index is -0.517. The van der Waals surface area contributed by atoms with Crippen LogP contribution in [0.3, 0.4) is 0 Å². The SMILES string of the molecule is N#CCOc1ccc(/C=C2\SC(=O)N(CC(=O)Nc3ccccc3N3CCOCC3)C2=O)cc1. The van der Waals surface area contributed by atoms with Crippen LogP contribution in [0.2, 0.25) is 0 Å². The van der Waals surface area contributed by atoms with Gasteiger partial charge in [0.15, 0.2) is 6.61 Å². The quantitative estimate of drug-likeness (QED) is 0.604. The van der Waals surface area contributed by atoms with E-state index in [2.05, 4.69) is 10.2 Å². The summed E-state index contributed by atoms with van der Waals surface area (Å²) < 4.78 is 10.6. The average molecular weight is 479 g/mol. The molecule has 34 heavy (non-hydrogen) atoms. The lowest BCUT2D eigenvalue weighted by Gasteiger charge is -2.30. The van der Waals surface area contributed by atoms with Crippen LogP contribution in [0.4, 0.5) is 16.2 Å². The van der Waals surface area contributed by atoms with Gasteiger partial charge in [-0.3, -0.25) is 19.3 Å². The summed E-state index contributed by atoms with van der Waals surface area (Å²) in [4.78, 5) is 41.2. The van der Waals surface area contributed by atoms with Gasteiger partial charge in [-0.1, -0.05) is 24.3 Å². The lowest BCUT2D eigenvalue weighted by Crippen LogP contribution is -2.38. The van der Waals surface area contributed by atoms with E-state index in [0.29, 0.717) is 43.3 Å². The van der Waals surface area contributed by atoms with Crippen molar-refractivity contribution in [3.8, 4) is 11.8 Å². The van der Waals surface area contributed by atoms with Crippen molar-refractivity contribution in [3.63, 3.8) is 0 Å². The fourth-order valence-corrected chi connectivity index (χ4v) is 4.39. The number of benzene rings is 2. The van der Waals surface area contributed by atoms with E-state index in [4.69, 9.17) is 14.7 Å². The number of para-hydroxylation sites is 2. The summed E-state index contributed by atoms with van der Waals surface area (Å²) in [6, 6.07) is 16.1. The third-order valence-corrected chi connectivity index (χ3v) is 6.09. The standard InChI is InChI=1S/C24H22N4O5S/c25-9-12-33-18-7-5-17(6-8-18)15-21-23(30)28(24(31)34-21)16-22(29)26-19-3-1-2-4-20(19)27-10-13-32-14-11-27/h1-8,15H,10-14,16H2,(H,26,29)/b21-15-. The second kappa shape index (κ2) is 10.9. The van der Waals surface area contributed by atoms with Gasteiger partial charge in [0.2, 0.25) is 5.91 Å². The summed E-state index contributed by atoms with van der Waals surface area (Å²) in [6.45, 7) is 2.22. The number of nitrogens with one attached hydrogen (secondary N) is 1. The molecule has 0 saturated carbocycles. The van der Waals surface area contributed by atoms with Gasteiger partial charge in [-0.2, -0.15) is 5.26 Å². The highest BCUT2D eigenvalue weighted by atomic mass is 32.2. The Morgan fingerprint density at radius 1 is 1.15 bits per heavy atom. The molecule has 9 nitrogen and oxygen atoms in total. The number of amides is 3. The Hall–Kier alpha value is -3.81. The van der Waals surface area contributed by atoms with Crippen molar-refractivity contribution in [1.82, 2.24) is 4.90 Å². The van der Waals surface area contributed by atoms with Crippen molar-refractivity contribution >= 4 is 46.3 Å². The lowest BCUT2D eigenvalue weighted by molar-refractivity contribution is -0.127. The smallest absolute Gasteiger partial charge is 0.294 e. The maximum atomic E-state index is 12.8. The summed E-state index contributed by atoms with van der Waals surface area (Å²) in [5.74, 6) is -0.444. The second-order valence-corrected chi connectivity index (χ2v) is 8.44. The summed E-state index contributed by atoms with van der Waals surface area (Å²) in [5.41, 5.74) is 2.18. The summed E-state index contributed by atoms with van der Waals surface area (Å²) in [5, 5.41) is 10.9. The molecule has 0 radical (unpaired) electrons. The molecule has 3 amide bonds. The molecule has 2 aromatic carbocycles. The summed E-state index contributed by atoms with van der Waals surface area (Å²) in [6.07, 6.45) is 1.59. The van der Waals surface area contributed by atoms with Crippen LogP contribution in [0.5, 0.6) is 5.75 Å². The van der Waals surface area contributed by atoms with Crippen molar-refractivity contribution in [2.75, 3.05) is 49.7 Å². The van der Waals surface area contributed by atoms with Gasteiger partial charge in [-0.05, 0) is 47.7 Å². The van der Waals surface area contributed by atoms with Gasteiger partial charge in [0.25, 0.3) is 11.1 Å². The molecule has 0 unspecified atom stereocenters. The molecular formula is C24H22N4O5S. The van der Waals surface area contributed by atoms with Gasteiger partial charge < -0.3 is 19.7 Å². The molecule has 2 aliphatic rings. The van der Waals surface area contributed by atoms with Gasteiger partial charge in [0, 0.05) is 13.1 Å². The second-order valence-electron chi connectivity index (χ2n) is 7.45. The third kappa shape index (κ3) is 5.57. The number of carbonyl (C=O) groups is 3. The number of thioether (sulfide) groups is 1. The normalized spacial score (nSPS) is 17.1. The van der Waals surface area contributed by atoms with Gasteiger partial charge in [-0.25, -0.2) is 0 Å². The zero-order valence-electron chi connectivity index (χ0n) is 18.2. The van der Waals surface area contributed by atoms with Crippen molar-refractivity contribution in [2.45, 2.75) is 0 Å². The number of hydrogen-bond donors (Lipinski definition) is 1. The van der Waals surface area contributed by atoms with Gasteiger partial charge in [0.05, 0.1) is 29.5 Å². The van der Waals surface area contributed by atoms with E-state index in [1.807, 2.05) is 24.3 Å². The fraction of sp³-hybridized carbons (Fsp3) is 0.250. The molecule has 4 rings (SSSR count). The van der Waals surface area contributed by atoms with Crippen LogP contribution in [0, 0.1) is 11.3 Å². The first-order chi connectivity index (χ1) is 16.5. The highest BCUT2D eigenvalue weighted by Gasteiger charge is 2.36. The van der Waals surface area contributed by atoms with E-state index in [0.717, 1.165) is 22.3 Å². The average Bonchev–Trinajstić information content (AvgIpc) is 3.11. The minimum Gasteiger partial charge on any atom is -0.479 e. The molecule has 10 heteroatoms. The number of carbonyl (C=O) groups excluding carboxylic acids is 3. The molecule has 1 N–H and O–H groups in total. The lowest BCUT2D eigenvalue weighted by atomic mass is 10.2. The minimum absolute atomic E-state index is 0.0583. The molecule has 174 valence electrons. The van der Waals surface area contributed by atoms with Crippen LogP contribution in [-0.2, 0) is 14.3 Å². The number of morpholine rings is 1. The highest BCUT2D eigenvalue weighted by molar-refractivity contribution is 8.18. The van der Waals surface area contributed by atoms with Crippen LogP contribution < -0.4 is 15.0 Å². The van der Waals surface area contributed by atoms with E-state index in [9.17, 15) is 14.4 Å². The number of ether oxygens (including phenoxy) is 2. The number of hydrogen-bond acceptors (Lipinski definition) is 8. The first kappa shape index (κ1) is 23.4. The van der Waals surface area contributed by atoms with E-state index in [1.54, 1.807) is 36.4 Å². The molecule has 0 aliphatic carbocycles. The first-order valence-electron chi connectivity index (χ1n) is 10.6. The predicted molar refractivity (Wildman–Crippen MR) is 128 cm³/mol. The molecule has 2 aromatic rings. The number of nitrogens with zero attached hydrogens (tertiary/aromatic N) is 3. The zero-order chi connectivity index (χ0) is 23.9. The van der Waals surface area contributed by atoms with E-state index >= 15 is 0 Å². The Kier molecular flexibility index (Phi) is 7.47. The Morgan fingerprint density at radius 2 is 1.88 bits per heavy atom. The number of rotatable bonds is 7. The Bertz CT molecular complexity index is 1150. The van der Waals surface area contributed by atoms with Crippen molar-refractivity contribution in [1.29, 1.82) is 5.26 Å².